The third-order valence-corrected chi connectivity index (χ3v) is 6.82. The van der Waals surface area contributed by atoms with Crippen LogP contribution < -0.4 is 10.1 Å². The summed E-state index contributed by atoms with van der Waals surface area (Å²) >= 11 is 0. The summed E-state index contributed by atoms with van der Waals surface area (Å²) < 4.78 is 11.8. The van der Waals surface area contributed by atoms with Gasteiger partial charge in [-0.05, 0) is 82.6 Å². The van der Waals surface area contributed by atoms with Crippen molar-refractivity contribution in [2.75, 3.05) is 13.7 Å². The van der Waals surface area contributed by atoms with Gasteiger partial charge in [-0.1, -0.05) is 35.4 Å². The van der Waals surface area contributed by atoms with Gasteiger partial charge < -0.3 is 14.5 Å². The zero-order valence-electron chi connectivity index (χ0n) is 21.0. The van der Waals surface area contributed by atoms with Gasteiger partial charge in [-0.25, -0.2) is 0 Å². The molecule has 3 aromatic rings. The summed E-state index contributed by atoms with van der Waals surface area (Å²) in [5.74, 6) is 0.665. The van der Waals surface area contributed by atoms with Gasteiger partial charge in [0.1, 0.15) is 11.3 Å². The van der Waals surface area contributed by atoms with Crippen LogP contribution in [-0.2, 0) is 4.79 Å². The number of carbonyl (C=O) groups is 1. The molecule has 0 spiro atoms. The fraction of sp³-hybridized carbons (Fsp3) is 0.367. The molecular formula is C30H35NO3. The minimum atomic E-state index is -0.0736. The Morgan fingerprint density at radius 3 is 2.68 bits per heavy atom. The van der Waals surface area contributed by atoms with Crippen LogP contribution in [0.4, 0.5) is 0 Å². The molecule has 34 heavy (non-hydrogen) atoms. The molecule has 0 saturated carbocycles. The molecule has 4 heteroatoms. The molecule has 4 rings (SSSR count). The third kappa shape index (κ3) is 4.96. The standard InChI is InChI=1S/C30H35NO3/c1-19-11-12-24(20(2)15-19)27-18-34-30-22(4)29(33-5)25(17-26(27)30)21(3)16-28(32)31-14-13-23-9-7-6-8-10-23/h9,11-12,15-18H,6-8,10,13-14H2,1-5H3,(H,31,32)/b21-16+. The molecule has 178 valence electrons. The lowest BCUT2D eigenvalue weighted by Crippen LogP contribution is -2.23. The van der Waals surface area contributed by atoms with Crippen LogP contribution in [0.2, 0.25) is 0 Å². The molecule has 0 fully saturated rings. The first-order valence-electron chi connectivity index (χ1n) is 12.2. The molecule has 1 aromatic heterocycles. The average Bonchev–Trinajstić information content (AvgIpc) is 3.23. The molecule has 0 aliphatic heterocycles. The number of nitrogens with one attached hydrogen (secondary N) is 1. The van der Waals surface area contributed by atoms with Crippen molar-refractivity contribution in [2.24, 2.45) is 0 Å². The smallest absolute Gasteiger partial charge is 0.244 e. The number of ether oxygens (including phenoxy) is 1. The van der Waals surface area contributed by atoms with Crippen LogP contribution in [0.1, 0.15) is 61.3 Å². The van der Waals surface area contributed by atoms with Crippen LogP contribution in [0.15, 0.2) is 52.7 Å². The van der Waals surface area contributed by atoms with Gasteiger partial charge in [-0.15, -0.1) is 0 Å². The van der Waals surface area contributed by atoms with Gasteiger partial charge in [0.25, 0.3) is 0 Å². The van der Waals surface area contributed by atoms with Crippen molar-refractivity contribution in [1.82, 2.24) is 5.32 Å². The van der Waals surface area contributed by atoms with Gasteiger partial charge in [-0.3, -0.25) is 4.79 Å². The molecule has 4 nitrogen and oxygen atoms in total. The number of hydrogen-bond donors (Lipinski definition) is 1. The van der Waals surface area contributed by atoms with Gasteiger partial charge in [0, 0.05) is 34.7 Å². The molecule has 1 aliphatic carbocycles. The molecule has 0 saturated heterocycles. The number of carbonyl (C=O) groups excluding carboxylic acids is 1. The van der Waals surface area contributed by atoms with E-state index in [9.17, 15) is 4.79 Å². The van der Waals surface area contributed by atoms with Crippen molar-refractivity contribution in [3.63, 3.8) is 0 Å². The molecule has 1 aliphatic rings. The summed E-state index contributed by atoms with van der Waals surface area (Å²) in [5.41, 5.74) is 9.63. The number of rotatable bonds is 7. The van der Waals surface area contributed by atoms with Crippen LogP contribution in [0.3, 0.4) is 0 Å². The second-order valence-electron chi connectivity index (χ2n) is 9.40. The Kier molecular flexibility index (Phi) is 7.26. The van der Waals surface area contributed by atoms with E-state index in [-0.39, 0.29) is 5.91 Å². The molecule has 0 atom stereocenters. The minimum Gasteiger partial charge on any atom is -0.496 e. The lowest BCUT2D eigenvalue weighted by Gasteiger charge is -2.14. The van der Waals surface area contributed by atoms with Gasteiger partial charge in [-0.2, -0.15) is 0 Å². The Balaban J connectivity index is 1.64. The SMILES string of the molecule is COc1c(/C(C)=C/C(=O)NCCC2=CCCCC2)cc2c(-c3ccc(C)cc3C)coc2c1C. The molecular weight excluding hydrogens is 422 g/mol. The zero-order chi connectivity index (χ0) is 24.2. The van der Waals surface area contributed by atoms with Crippen molar-refractivity contribution >= 4 is 22.4 Å². The normalized spacial score (nSPS) is 14.3. The number of methoxy groups -OCH3 is 1. The quantitative estimate of drug-likeness (QED) is 0.296. The van der Waals surface area contributed by atoms with E-state index in [0.29, 0.717) is 6.54 Å². The second-order valence-corrected chi connectivity index (χ2v) is 9.40. The average molecular weight is 458 g/mol. The van der Waals surface area contributed by atoms with E-state index in [0.717, 1.165) is 57.4 Å². The summed E-state index contributed by atoms with van der Waals surface area (Å²) in [7, 11) is 1.66. The van der Waals surface area contributed by atoms with Crippen LogP contribution in [0.5, 0.6) is 5.75 Å². The maximum atomic E-state index is 12.7. The monoisotopic (exact) mass is 457 g/mol. The summed E-state index contributed by atoms with van der Waals surface area (Å²) in [5, 5.41) is 4.07. The first-order valence-corrected chi connectivity index (χ1v) is 12.2. The fourth-order valence-corrected chi connectivity index (χ4v) is 5.00. The van der Waals surface area contributed by atoms with E-state index >= 15 is 0 Å². The third-order valence-electron chi connectivity index (χ3n) is 6.82. The first kappa shape index (κ1) is 23.9. The van der Waals surface area contributed by atoms with Crippen molar-refractivity contribution in [2.45, 2.75) is 59.8 Å². The lowest BCUT2D eigenvalue weighted by atomic mass is 9.94. The predicted molar refractivity (Wildman–Crippen MR) is 140 cm³/mol. The van der Waals surface area contributed by atoms with Crippen LogP contribution in [-0.4, -0.2) is 19.6 Å². The fourth-order valence-electron chi connectivity index (χ4n) is 5.00. The van der Waals surface area contributed by atoms with Gasteiger partial charge in [0.05, 0.1) is 13.4 Å². The van der Waals surface area contributed by atoms with Crippen molar-refractivity contribution in [1.29, 1.82) is 0 Å². The molecule has 0 radical (unpaired) electrons. The topological polar surface area (TPSA) is 51.5 Å². The van der Waals surface area contributed by atoms with Crippen LogP contribution in [0, 0.1) is 20.8 Å². The van der Waals surface area contributed by atoms with Gasteiger partial charge in [0.2, 0.25) is 5.91 Å². The zero-order valence-corrected chi connectivity index (χ0v) is 21.0. The number of allylic oxidation sites excluding steroid dienone is 2. The van der Waals surface area contributed by atoms with E-state index in [1.54, 1.807) is 13.2 Å². The van der Waals surface area contributed by atoms with Crippen LogP contribution >= 0.6 is 0 Å². The minimum absolute atomic E-state index is 0.0736. The van der Waals surface area contributed by atoms with E-state index in [2.05, 4.69) is 49.5 Å². The molecule has 2 aromatic carbocycles. The number of aryl methyl sites for hydroxylation is 3. The molecule has 0 bridgehead atoms. The highest BCUT2D eigenvalue weighted by Gasteiger charge is 2.19. The molecule has 1 heterocycles. The van der Waals surface area contributed by atoms with E-state index in [1.807, 2.05) is 20.1 Å². The maximum absolute atomic E-state index is 12.7. The van der Waals surface area contributed by atoms with Gasteiger partial charge in [0.15, 0.2) is 0 Å². The number of furan rings is 1. The Bertz CT molecular complexity index is 1280. The van der Waals surface area contributed by atoms with Crippen molar-refractivity contribution in [3.05, 3.63) is 70.5 Å². The Hall–Kier alpha value is -3.27. The molecule has 1 amide bonds. The first-order chi connectivity index (χ1) is 16.4. The van der Waals surface area contributed by atoms with Gasteiger partial charge >= 0.3 is 0 Å². The number of fused-ring (bicyclic) bond motifs is 1. The summed E-state index contributed by atoms with van der Waals surface area (Å²) in [6, 6.07) is 8.54. The van der Waals surface area contributed by atoms with Crippen LogP contribution in [0.25, 0.3) is 27.7 Å². The Morgan fingerprint density at radius 2 is 1.97 bits per heavy atom. The highest BCUT2D eigenvalue weighted by atomic mass is 16.5. The van der Waals surface area contributed by atoms with Crippen molar-refractivity contribution < 1.29 is 13.9 Å². The Labute approximate surface area is 202 Å². The highest BCUT2D eigenvalue weighted by Crippen LogP contribution is 2.41. The van der Waals surface area contributed by atoms with E-state index in [1.165, 1.54) is 36.0 Å². The largest absolute Gasteiger partial charge is 0.496 e. The second kappa shape index (κ2) is 10.3. The summed E-state index contributed by atoms with van der Waals surface area (Å²) in [4.78, 5) is 12.7. The Morgan fingerprint density at radius 1 is 1.15 bits per heavy atom. The number of benzene rings is 2. The highest BCUT2D eigenvalue weighted by molar-refractivity contribution is 6.02. The van der Waals surface area contributed by atoms with E-state index < -0.39 is 0 Å². The molecule has 0 unspecified atom stereocenters. The predicted octanol–water partition coefficient (Wildman–Crippen LogP) is 7.44. The summed E-state index contributed by atoms with van der Waals surface area (Å²) in [6.07, 6.45) is 11.6. The summed E-state index contributed by atoms with van der Waals surface area (Å²) in [6.45, 7) is 8.86. The van der Waals surface area contributed by atoms with Crippen molar-refractivity contribution in [3.8, 4) is 16.9 Å². The maximum Gasteiger partial charge on any atom is 0.244 e. The number of amides is 1. The lowest BCUT2D eigenvalue weighted by molar-refractivity contribution is -0.116. The molecule has 1 N–H and O–H groups in total. The van der Waals surface area contributed by atoms with E-state index in [4.69, 9.17) is 9.15 Å². The number of hydrogen-bond acceptors (Lipinski definition) is 3.